The van der Waals surface area contributed by atoms with E-state index in [-0.39, 0.29) is 6.61 Å². The summed E-state index contributed by atoms with van der Waals surface area (Å²) in [4.78, 5) is 4.05. The zero-order valence-electron chi connectivity index (χ0n) is 7.96. The highest BCUT2D eigenvalue weighted by atomic mass is 35.5. The van der Waals surface area contributed by atoms with Crippen LogP contribution in [0.3, 0.4) is 0 Å². The normalized spacial score (nSPS) is 10.2. The van der Waals surface area contributed by atoms with Crippen molar-refractivity contribution in [1.29, 1.82) is 0 Å². The van der Waals surface area contributed by atoms with Gasteiger partial charge in [-0.1, -0.05) is 11.6 Å². The highest BCUT2D eigenvalue weighted by molar-refractivity contribution is 6.31. The predicted octanol–water partition coefficient (Wildman–Crippen LogP) is 1.29. The summed E-state index contributed by atoms with van der Waals surface area (Å²) in [5.41, 5.74) is 0.668. The maximum absolute atomic E-state index is 8.95. The molecule has 0 saturated heterocycles. The summed E-state index contributed by atoms with van der Waals surface area (Å²) < 4.78 is 4.88. The zero-order chi connectivity index (χ0) is 10.4. The van der Waals surface area contributed by atoms with Crippen LogP contribution in [0.1, 0.15) is 5.56 Å². The quantitative estimate of drug-likeness (QED) is 0.729. The van der Waals surface area contributed by atoms with Crippen molar-refractivity contribution in [2.75, 3.05) is 25.6 Å². The summed E-state index contributed by atoms with van der Waals surface area (Å²) in [6.45, 7) is 1.20. The van der Waals surface area contributed by atoms with Crippen molar-refractivity contribution >= 4 is 17.4 Å². The smallest absolute Gasteiger partial charge is 0.126 e. The molecule has 0 saturated carbocycles. The predicted molar refractivity (Wildman–Crippen MR) is 55.5 cm³/mol. The molecule has 2 N–H and O–H groups in total. The summed E-state index contributed by atoms with van der Waals surface area (Å²) in [6, 6.07) is 1.72. The van der Waals surface area contributed by atoms with Crippen molar-refractivity contribution in [2.45, 2.75) is 6.61 Å². The molecule has 1 rings (SSSR count). The Bertz CT molecular complexity index is 294. The summed E-state index contributed by atoms with van der Waals surface area (Å²) >= 11 is 5.78. The minimum atomic E-state index is -0.0830. The summed E-state index contributed by atoms with van der Waals surface area (Å²) in [5, 5.41) is 12.5. The van der Waals surface area contributed by atoms with Crippen LogP contribution in [0, 0.1) is 0 Å². The Morgan fingerprint density at radius 2 is 2.43 bits per heavy atom. The SMILES string of the molecule is COCCNc1cc(CO)c(Cl)cn1. The number of hydrogen-bond acceptors (Lipinski definition) is 4. The Labute approximate surface area is 87.9 Å². The van der Waals surface area contributed by atoms with Crippen molar-refractivity contribution in [3.05, 3.63) is 22.8 Å². The summed E-state index contributed by atoms with van der Waals surface area (Å²) in [6.07, 6.45) is 1.52. The molecule has 0 aliphatic carbocycles. The van der Waals surface area contributed by atoms with Crippen molar-refractivity contribution in [1.82, 2.24) is 4.98 Å². The van der Waals surface area contributed by atoms with Gasteiger partial charge in [-0.3, -0.25) is 0 Å². The van der Waals surface area contributed by atoms with Crippen LogP contribution in [0.5, 0.6) is 0 Å². The van der Waals surface area contributed by atoms with E-state index in [1.165, 1.54) is 6.20 Å². The second-order valence-electron chi connectivity index (χ2n) is 2.74. The maximum Gasteiger partial charge on any atom is 0.126 e. The van der Waals surface area contributed by atoms with Gasteiger partial charge in [-0.2, -0.15) is 0 Å². The minimum Gasteiger partial charge on any atom is -0.392 e. The first kappa shape index (κ1) is 11.2. The number of aliphatic hydroxyl groups is 1. The average Bonchev–Trinajstić information content (AvgIpc) is 2.21. The van der Waals surface area contributed by atoms with Gasteiger partial charge >= 0.3 is 0 Å². The molecule has 5 heteroatoms. The molecule has 1 heterocycles. The fourth-order valence-corrected chi connectivity index (χ4v) is 1.14. The Balaban J connectivity index is 2.60. The van der Waals surface area contributed by atoms with Crippen LogP contribution in [0.2, 0.25) is 5.02 Å². The van der Waals surface area contributed by atoms with Gasteiger partial charge in [0.25, 0.3) is 0 Å². The van der Waals surface area contributed by atoms with Crippen LogP contribution in [0.15, 0.2) is 12.3 Å². The molecular formula is C9H13ClN2O2. The largest absolute Gasteiger partial charge is 0.392 e. The highest BCUT2D eigenvalue weighted by Crippen LogP contribution is 2.17. The molecule has 0 bridgehead atoms. The van der Waals surface area contributed by atoms with Crippen molar-refractivity contribution in [3.8, 4) is 0 Å². The molecule has 0 atom stereocenters. The zero-order valence-corrected chi connectivity index (χ0v) is 8.71. The van der Waals surface area contributed by atoms with Gasteiger partial charge in [-0.15, -0.1) is 0 Å². The minimum absolute atomic E-state index is 0.0830. The topological polar surface area (TPSA) is 54.4 Å². The van der Waals surface area contributed by atoms with Gasteiger partial charge in [-0.05, 0) is 6.07 Å². The lowest BCUT2D eigenvalue weighted by Gasteiger charge is -2.06. The first-order chi connectivity index (χ1) is 6.77. The molecule has 0 unspecified atom stereocenters. The van der Waals surface area contributed by atoms with Gasteiger partial charge in [0.05, 0.1) is 18.2 Å². The molecule has 1 aromatic heterocycles. The van der Waals surface area contributed by atoms with Gasteiger partial charge in [0.2, 0.25) is 0 Å². The second-order valence-corrected chi connectivity index (χ2v) is 3.15. The Hall–Kier alpha value is -0.840. The number of nitrogens with one attached hydrogen (secondary N) is 1. The van der Waals surface area contributed by atoms with Gasteiger partial charge in [-0.25, -0.2) is 4.98 Å². The number of methoxy groups -OCH3 is 1. The molecule has 0 spiro atoms. The molecule has 0 amide bonds. The lowest BCUT2D eigenvalue weighted by molar-refractivity contribution is 0.210. The van der Waals surface area contributed by atoms with Crippen molar-refractivity contribution in [2.24, 2.45) is 0 Å². The van der Waals surface area contributed by atoms with Gasteiger partial charge in [0.15, 0.2) is 0 Å². The number of halogens is 1. The van der Waals surface area contributed by atoms with E-state index in [1.807, 2.05) is 0 Å². The van der Waals surface area contributed by atoms with E-state index in [9.17, 15) is 0 Å². The molecule has 0 aromatic carbocycles. The van der Waals surface area contributed by atoms with Gasteiger partial charge in [0.1, 0.15) is 5.82 Å². The second kappa shape index (κ2) is 5.80. The van der Waals surface area contributed by atoms with Crippen LogP contribution in [0.25, 0.3) is 0 Å². The number of aromatic nitrogens is 1. The van der Waals surface area contributed by atoms with Crippen LogP contribution < -0.4 is 5.32 Å². The molecule has 0 aliphatic rings. The molecule has 78 valence electrons. The van der Waals surface area contributed by atoms with E-state index in [0.29, 0.717) is 29.6 Å². The average molecular weight is 217 g/mol. The van der Waals surface area contributed by atoms with E-state index in [0.717, 1.165) is 0 Å². The molecule has 0 aliphatic heterocycles. The van der Waals surface area contributed by atoms with E-state index < -0.39 is 0 Å². The molecule has 0 fully saturated rings. The van der Waals surface area contributed by atoms with Crippen molar-refractivity contribution in [3.63, 3.8) is 0 Å². The Morgan fingerprint density at radius 3 is 3.07 bits per heavy atom. The standard InChI is InChI=1S/C9H13ClN2O2/c1-14-3-2-11-9-4-7(6-13)8(10)5-12-9/h4-5,13H,2-3,6H2,1H3,(H,11,12). The van der Waals surface area contributed by atoms with Crippen molar-refractivity contribution < 1.29 is 9.84 Å². The van der Waals surface area contributed by atoms with E-state index in [1.54, 1.807) is 13.2 Å². The van der Waals surface area contributed by atoms with E-state index >= 15 is 0 Å². The van der Waals surface area contributed by atoms with Gasteiger partial charge in [0, 0.05) is 25.4 Å². The first-order valence-corrected chi connectivity index (χ1v) is 4.64. The van der Waals surface area contributed by atoms with Crippen LogP contribution in [-0.4, -0.2) is 30.4 Å². The molecule has 4 nitrogen and oxygen atoms in total. The molecule has 14 heavy (non-hydrogen) atoms. The number of pyridine rings is 1. The Kier molecular flexibility index (Phi) is 4.65. The fourth-order valence-electron chi connectivity index (χ4n) is 0.979. The third kappa shape index (κ3) is 3.14. The lowest BCUT2D eigenvalue weighted by atomic mass is 10.3. The number of anilines is 1. The van der Waals surface area contributed by atoms with Gasteiger partial charge < -0.3 is 15.2 Å². The highest BCUT2D eigenvalue weighted by Gasteiger charge is 2.01. The van der Waals surface area contributed by atoms with Crippen LogP contribution >= 0.6 is 11.6 Å². The third-order valence-electron chi connectivity index (χ3n) is 1.72. The van der Waals surface area contributed by atoms with Crippen LogP contribution in [-0.2, 0) is 11.3 Å². The third-order valence-corrected chi connectivity index (χ3v) is 2.06. The van der Waals surface area contributed by atoms with E-state index in [4.69, 9.17) is 21.4 Å². The first-order valence-electron chi connectivity index (χ1n) is 4.26. The molecule has 0 radical (unpaired) electrons. The number of nitrogens with zero attached hydrogens (tertiary/aromatic N) is 1. The summed E-state index contributed by atoms with van der Waals surface area (Å²) in [5.74, 6) is 0.690. The number of hydrogen-bond donors (Lipinski definition) is 2. The Morgan fingerprint density at radius 1 is 1.64 bits per heavy atom. The fraction of sp³-hybridized carbons (Fsp3) is 0.444. The summed E-state index contributed by atoms with van der Waals surface area (Å²) in [7, 11) is 1.64. The lowest BCUT2D eigenvalue weighted by Crippen LogP contribution is -2.09. The van der Waals surface area contributed by atoms with Crippen LogP contribution in [0.4, 0.5) is 5.82 Å². The maximum atomic E-state index is 8.95. The molecular weight excluding hydrogens is 204 g/mol. The van der Waals surface area contributed by atoms with E-state index in [2.05, 4.69) is 10.3 Å². The number of rotatable bonds is 5. The number of aliphatic hydroxyl groups excluding tert-OH is 1. The molecule has 1 aromatic rings. The monoisotopic (exact) mass is 216 g/mol. The number of ether oxygens (including phenoxy) is 1.